The quantitative estimate of drug-likeness (QED) is 0.618. The Morgan fingerprint density at radius 1 is 1.03 bits per heavy atom. The van der Waals surface area contributed by atoms with Crippen LogP contribution < -0.4 is 10.1 Å². The highest BCUT2D eigenvalue weighted by atomic mass is 16.5. The third kappa shape index (κ3) is 5.51. The first-order chi connectivity index (χ1) is 15.2. The molecule has 1 aliphatic heterocycles. The van der Waals surface area contributed by atoms with Crippen LogP contribution in [-0.4, -0.2) is 46.6 Å². The summed E-state index contributed by atoms with van der Waals surface area (Å²) in [4.78, 5) is 26.7. The Balaban J connectivity index is 1.19. The van der Waals surface area contributed by atoms with Crippen molar-refractivity contribution in [3.63, 3.8) is 0 Å². The number of nitrogens with zero attached hydrogens (tertiary/aromatic N) is 2. The topological polar surface area (TPSA) is 87.3 Å². The van der Waals surface area contributed by atoms with Crippen molar-refractivity contribution in [1.82, 2.24) is 20.4 Å². The first-order valence-corrected chi connectivity index (χ1v) is 10.5. The van der Waals surface area contributed by atoms with E-state index in [9.17, 15) is 9.59 Å². The van der Waals surface area contributed by atoms with Gasteiger partial charge in [-0.05, 0) is 42.2 Å². The molecule has 1 aromatic heterocycles. The molecule has 2 N–H and O–H groups in total. The second-order valence-corrected chi connectivity index (χ2v) is 7.64. The van der Waals surface area contributed by atoms with E-state index in [1.165, 1.54) is 0 Å². The van der Waals surface area contributed by atoms with E-state index in [2.05, 4.69) is 15.5 Å². The van der Waals surface area contributed by atoms with Gasteiger partial charge < -0.3 is 15.0 Å². The molecule has 0 atom stereocenters. The maximum Gasteiger partial charge on any atom is 0.260 e. The van der Waals surface area contributed by atoms with Crippen LogP contribution in [0.3, 0.4) is 0 Å². The lowest BCUT2D eigenvalue weighted by Crippen LogP contribution is -2.44. The van der Waals surface area contributed by atoms with Gasteiger partial charge in [0.05, 0.1) is 5.69 Å². The highest BCUT2D eigenvalue weighted by molar-refractivity contribution is 5.80. The number of amides is 2. The summed E-state index contributed by atoms with van der Waals surface area (Å²) in [5, 5.41) is 9.92. The standard InChI is InChI=1S/C24H26N4O3/c29-23(17-31-21-4-2-1-3-5-21)28-14-11-20(12-15-28)24(30)25-16-18-6-8-19(9-7-18)22-10-13-26-27-22/h1-10,13,20H,11-12,14-17H2,(H,25,30)(H,26,27). The van der Waals surface area contributed by atoms with Crippen molar-refractivity contribution in [3.05, 3.63) is 72.4 Å². The van der Waals surface area contributed by atoms with E-state index in [0.29, 0.717) is 38.2 Å². The van der Waals surface area contributed by atoms with Gasteiger partial charge in [-0.15, -0.1) is 0 Å². The fourth-order valence-electron chi connectivity index (χ4n) is 3.70. The third-order valence-corrected chi connectivity index (χ3v) is 5.56. The number of para-hydroxylation sites is 1. The van der Waals surface area contributed by atoms with E-state index < -0.39 is 0 Å². The molecule has 0 aliphatic carbocycles. The molecule has 2 heterocycles. The fourth-order valence-corrected chi connectivity index (χ4v) is 3.70. The average Bonchev–Trinajstić information content (AvgIpc) is 3.37. The van der Waals surface area contributed by atoms with Crippen LogP contribution in [0.4, 0.5) is 0 Å². The molecule has 1 aliphatic rings. The normalized spacial score (nSPS) is 14.3. The second-order valence-electron chi connectivity index (χ2n) is 7.64. The predicted octanol–water partition coefficient (Wildman–Crippen LogP) is 3.01. The summed E-state index contributed by atoms with van der Waals surface area (Å²) in [5.41, 5.74) is 3.06. The van der Waals surface area contributed by atoms with E-state index in [1.54, 1.807) is 11.1 Å². The van der Waals surface area contributed by atoms with Crippen LogP contribution in [0, 0.1) is 5.92 Å². The molecule has 1 fully saturated rings. The highest BCUT2D eigenvalue weighted by Crippen LogP contribution is 2.19. The molecule has 0 unspecified atom stereocenters. The number of hydrogen-bond acceptors (Lipinski definition) is 4. The largest absolute Gasteiger partial charge is 0.484 e. The van der Waals surface area contributed by atoms with Crippen LogP contribution in [0.5, 0.6) is 5.75 Å². The number of aromatic nitrogens is 2. The summed E-state index contributed by atoms with van der Waals surface area (Å²) in [6.07, 6.45) is 3.06. The molecule has 1 saturated heterocycles. The fraction of sp³-hybridized carbons (Fsp3) is 0.292. The number of nitrogens with one attached hydrogen (secondary N) is 2. The molecular formula is C24H26N4O3. The lowest BCUT2D eigenvalue weighted by molar-refractivity contribution is -0.137. The summed E-state index contributed by atoms with van der Waals surface area (Å²) in [6.45, 7) is 1.67. The van der Waals surface area contributed by atoms with Gasteiger partial charge in [-0.3, -0.25) is 14.7 Å². The van der Waals surface area contributed by atoms with Crippen molar-refractivity contribution in [2.75, 3.05) is 19.7 Å². The zero-order chi connectivity index (χ0) is 21.5. The van der Waals surface area contributed by atoms with Gasteiger partial charge in [-0.2, -0.15) is 5.10 Å². The van der Waals surface area contributed by atoms with Gasteiger partial charge in [0.1, 0.15) is 5.75 Å². The first-order valence-electron chi connectivity index (χ1n) is 10.5. The summed E-state index contributed by atoms with van der Waals surface area (Å²) in [6, 6.07) is 19.3. The van der Waals surface area contributed by atoms with E-state index in [4.69, 9.17) is 4.74 Å². The van der Waals surface area contributed by atoms with E-state index in [0.717, 1.165) is 16.8 Å². The number of carbonyl (C=O) groups is 2. The van der Waals surface area contributed by atoms with Crippen LogP contribution in [0.15, 0.2) is 66.9 Å². The number of likely N-dealkylation sites (tertiary alicyclic amines) is 1. The molecule has 31 heavy (non-hydrogen) atoms. The minimum absolute atomic E-state index is 0.0232. The van der Waals surface area contributed by atoms with Crippen molar-refractivity contribution in [2.24, 2.45) is 5.92 Å². The minimum atomic E-state index is -0.0663. The van der Waals surface area contributed by atoms with Crippen LogP contribution in [-0.2, 0) is 16.1 Å². The summed E-state index contributed by atoms with van der Waals surface area (Å²) in [5.74, 6) is 0.622. The average molecular weight is 418 g/mol. The maximum atomic E-state index is 12.6. The van der Waals surface area contributed by atoms with Crippen LogP contribution in [0.25, 0.3) is 11.3 Å². The van der Waals surface area contributed by atoms with E-state index in [-0.39, 0.29) is 24.3 Å². The number of carbonyl (C=O) groups excluding carboxylic acids is 2. The second kappa shape index (κ2) is 9.93. The van der Waals surface area contributed by atoms with Gasteiger partial charge >= 0.3 is 0 Å². The zero-order valence-electron chi connectivity index (χ0n) is 17.3. The summed E-state index contributed by atoms with van der Waals surface area (Å²) >= 11 is 0. The van der Waals surface area contributed by atoms with Gasteiger partial charge in [-0.1, -0.05) is 42.5 Å². The Labute approximate surface area is 181 Å². The molecule has 2 amide bonds. The lowest BCUT2D eigenvalue weighted by Gasteiger charge is -2.31. The summed E-state index contributed by atoms with van der Waals surface area (Å²) in [7, 11) is 0. The lowest BCUT2D eigenvalue weighted by atomic mass is 9.95. The van der Waals surface area contributed by atoms with Crippen molar-refractivity contribution in [2.45, 2.75) is 19.4 Å². The minimum Gasteiger partial charge on any atom is -0.484 e. The molecule has 0 bridgehead atoms. The molecule has 2 aromatic carbocycles. The Morgan fingerprint density at radius 3 is 2.45 bits per heavy atom. The molecule has 7 nitrogen and oxygen atoms in total. The van der Waals surface area contributed by atoms with E-state index >= 15 is 0 Å². The van der Waals surface area contributed by atoms with E-state index in [1.807, 2.05) is 60.7 Å². The molecule has 0 saturated carbocycles. The first kappa shape index (κ1) is 20.7. The number of aromatic amines is 1. The molecule has 0 radical (unpaired) electrons. The van der Waals surface area contributed by atoms with Crippen molar-refractivity contribution >= 4 is 11.8 Å². The number of hydrogen-bond donors (Lipinski definition) is 2. The highest BCUT2D eigenvalue weighted by Gasteiger charge is 2.27. The molecule has 0 spiro atoms. The van der Waals surface area contributed by atoms with Crippen molar-refractivity contribution in [3.8, 4) is 17.0 Å². The van der Waals surface area contributed by atoms with Gasteiger partial charge in [0.15, 0.2) is 6.61 Å². The molecular weight excluding hydrogens is 392 g/mol. The number of piperidine rings is 1. The number of rotatable bonds is 7. The third-order valence-electron chi connectivity index (χ3n) is 5.56. The number of H-pyrrole nitrogens is 1. The van der Waals surface area contributed by atoms with Gasteiger partial charge in [0.2, 0.25) is 5.91 Å². The molecule has 7 heteroatoms. The van der Waals surface area contributed by atoms with Crippen molar-refractivity contribution < 1.29 is 14.3 Å². The van der Waals surface area contributed by atoms with Crippen molar-refractivity contribution in [1.29, 1.82) is 0 Å². The maximum absolute atomic E-state index is 12.6. The van der Waals surface area contributed by atoms with Crippen LogP contribution >= 0.6 is 0 Å². The van der Waals surface area contributed by atoms with Gasteiger partial charge in [0.25, 0.3) is 5.91 Å². The van der Waals surface area contributed by atoms with Gasteiger partial charge in [0, 0.05) is 31.7 Å². The Morgan fingerprint density at radius 2 is 1.77 bits per heavy atom. The monoisotopic (exact) mass is 418 g/mol. The SMILES string of the molecule is O=C(NCc1ccc(-c2ccn[nH]2)cc1)C1CCN(C(=O)COc2ccccc2)CC1. The Hall–Kier alpha value is -3.61. The predicted molar refractivity (Wildman–Crippen MR) is 117 cm³/mol. The van der Waals surface area contributed by atoms with Gasteiger partial charge in [-0.25, -0.2) is 0 Å². The number of ether oxygens (including phenoxy) is 1. The van der Waals surface area contributed by atoms with Crippen LogP contribution in [0.2, 0.25) is 0 Å². The number of benzene rings is 2. The van der Waals surface area contributed by atoms with Crippen LogP contribution in [0.1, 0.15) is 18.4 Å². The molecule has 160 valence electrons. The smallest absolute Gasteiger partial charge is 0.260 e. The molecule has 3 aromatic rings. The molecule has 4 rings (SSSR count). The Bertz CT molecular complexity index is 979. The Kier molecular flexibility index (Phi) is 6.62. The zero-order valence-corrected chi connectivity index (χ0v) is 17.3. The summed E-state index contributed by atoms with van der Waals surface area (Å²) < 4.78 is 5.54.